The van der Waals surface area contributed by atoms with Crippen molar-refractivity contribution in [3.8, 4) is 0 Å². The Bertz CT molecular complexity index is 920. The highest BCUT2D eigenvalue weighted by molar-refractivity contribution is 5.74. The summed E-state index contributed by atoms with van der Waals surface area (Å²) in [6, 6.07) is 6.36. The van der Waals surface area contributed by atoms with Gasteiger partial charge in [0.15, 0.2) is 0 Å². The predicted octanol–water partition coefficient (Wildman–Crippen LogP) is 3.60. The summed E-state index contributed by atoms with van der Waals surface area (Å²) in [6.07, 6.45) is 6.31. The lowest BCUT2D eigenvalue weighted by molar-refractivity contribution is -0.0380. The van der Waals surface area contributed by atoms with Crippen LogP contribution in [0.15, 0.2) is 24.3 Å². The van der Waals surface area contributed by atoms with Crippen molar-refractivity contribution >= 4 is 12.1 Å². The van der Waals surface area contributed by atoms with Gasteiger partial charge in [0.2, 0.25) is 0 Å². The number of alkyl carbamates (subject to hydrolysis) is 1. The molecule has 38 heavy (non-hydrogen) atoms. The number of likely N-dealkylation sites (tertiary alicyclic amines) is 1. The van der Waals surface area contributed by atoms with Crippen molar-refractivity contribution < 1.29 is 28.2 Å². The van der Waals surface area contributed by atoms with Crippen LogP contribution >= 0.6 is 0 Å². The van der Waals surface area contributed by atoms with Crippen LogP contribution in [0.4, 0.5) is 14.0 Å². The summed E-state index contributed by atoms with van der Waals surface area (Å²) < 4.78 is 31.0. The first-order valence-electron chi connectivity index (χ1n) is 13.9. The number of ether oxygens (including phenoxy) is 3. The van der Waals surface area contributed by atoms with Crippen LogP contribution < -0.4 is 16.0 Å². The maximum atomic E-state index is 14.1. The average Bonchev–Trinajstić information content (AvgIpc) is 3.69. The Morgan fingerprint density at radius 3 is 2.79 bits per heavy atom. The van der Waals surface area contributed by atoms with Gasteiger partial charge in [-0.15, -0.1) is 0 Å². The minimum Gasteiger partial charge on any atom is -0.453 e. The Kier molecular flexibility index (Phi) is 10.2. The molecule has 9 nitrogen and oxygen atoms in total. The van der Waals surface area contributed by atoms with E-state index in [-0.39, 0.29) is 42.6 Å². The first-order valence-corrected chi connectivity index (χ1v) is 13.9. The van der Waals surface area contributed by atoms with Gasteiger partial charge in [0.05, 0.1) is 32.0 Å². The Morgan fingerprint density at radius 2 is 2.11 bits per heavy atom. The van der Waals surface area contributed by atoms with Crippen LogP contribution in [0.5, 0.6) is 0 Å². The maximum absolute atomic E-state index is 14.1. The highest BCUT2D eigenvalue weighted by Crippen LogP contribution is 2.47. The zero-order valence-corrected chi connectivity index (χ0v) is 22.7. The number of nitrogens with zero attached hydrogens (tertiary/aromatic N) is 1. The largest absolute Gasteiger partial charge is 0.453 e. The van der Waals surface area contributed by atoms with Crippen LogP contribution in [-0.2, 0) is 14.2 Å². The molecule has 0 unspecified atom stereocenters. The van der Waals surface area contributed by atoms with Gasteiger partial charge in [0.1, 0.15) is 5.82 Å². The molecule has 4 atom stereocenters. The number of hydrogen-bond donors (Lipinski definition) is 3. The number of carbonyl (C=O) groups is 2. The highest BCUT2D eigenvalue weighted by atomic mass is 19.1. The van der Waals surface area contributed by atoms with E-state index in [1.165, 1.54) is 32.1 Å². The van der Waals surface area contributed by atoms with Gasteiger partial charge in [0.25, 0.3) is 0 Å². The predicted molar refractivity (Wildman–Crippen MR) is 141 cm³/mol. The Hall–Kier alpha value is -2.43. The van der Waals surface area contributed by atoms with Crippen molar-refractivity contribution in [2.75, 3.05) is 53.6 Å². The van der Waals surface area contributed by atoms with E-state index < -0.39 is 12.2 Å². The molecule has 2 heterocycles. The number of nitrogens with one attached hydrogen (secondary N) is 3. The molecule has 3 fully saturated rings. The van der Waals surface area contributed by atoms with Gasteiger partial charge in [0, 0.05) is 38.1 Å². The molecule has 2 saturated heterocycles. The van der Waals surface area contributed by atoms with Gasteiger partial charge < -0.3 is 35.1 Å². The Morgan fingerprint density at radius 1 is 1.26 bits per heavy atom. The van der Waals surface area contributed by atoms with Crippen molar-refractivity contribution in [1.29, 1.82) is 0 Å². The molecule has 0 radical (unpaired) electrons. The molecule has 10 heteroatoms. The van der Waals surface area contributed by atoms with Crippen molar-refractivity contribution in [3.63, 3.8) is 0 Å². The summed E-state index contributed by atoms with van der Waals surface area (Å²) >= 11 is 0. The van der Waals surface area contributed by atoms with Crippen molar-refractivity contribution in [2.24, 2.45) is 11.8 Å². The maximum Gasteiger partial charge on any atom is 0.406 e. The minimum absolute atomic E-state index is 0.00125. The third-order valence-electron chi connectivity index (χ3n) is 8.04. The minimum atomic E-state index is -0.528. The lowest BCUT2D eigenvalue weighted by Crippen LogP contribution is -2.52. The molecule has 1 aliphatic carbocycles. The third-order valence-corrected chi connectivity index (χ3v) is 8.04. The molecule has 3 N–H and O–H groups in total. The van der Waals surface area contributed by atoms with Crippen molar-refractivity contribution in [2.45, 2.75) is 62.7 Å². The van der Waals surface area contributed by atoms with E-state index in [1.807, 2.05) is 18.0 Å². The summed E-state index contributed by atoms with van der Waals surface area (Å²) in [5.74, 6) is 0.125. The molecule has 0 aromatic heterocycles. The van der Waals surface area contributed by atoms with E-state index in [2.05, 4.69) is 20.7 Å². The van der Waals surface area contributed by atoms with Gasteiger partial charge in [-0.25, -0.2) is 14.0 Å². The van der Waals surface area contributed by atoms with Crippen LogP contribution in [0.1, 0.15) is 56.6 Å². The Balaban J connectivity index is 1.34. The molecule has 1 aromatic rings. The van der Waals surface area contributed by atoms with Crippen LogP contribution in [0.3, 0.4) is 0 Å². The van der Waals surface area contributed by atoms with Gasteiger partial charge in [-0.3, -0.25) is 0 Å². The van der Waals surface area contributed by atoms with E-state index in [1.54, 1.807) is 6.07 Å². The number of piperidine rings is 1. The summed E-state index contributed by atoms with van der Waals surface area (Å²) in [5, 5.41) is 9.08. The monoisotopic (exact) mass is 534 g/mol. The number of hydrogen-bond acceptors (Lipinski definition) is 6. The van der Waals surface area contributed by atoms with Crippen LogP contribution in [-0.4, -0.2) is 82.2 Å². The second-order valence-electron chi connectivity index (χ2n) is 11.0. The highest BCUT2D eigenvalue weighted by Gasteiger charge is 2.46. The molecule has 0 bridgehead atoms. The number of likely N-dealkylation sites (N-methyl/N-ethyl adjacent to an activating group) is 1. The molecule has 212 valence electrons. The van der Waals surface area contributed by atoms with E-state index in [0.717, 1.165) is 44.3 Å². The molecule has 4 rings (SSSR count). The fraction of sp³-hybridized carbons (Fsp3) is 0.714. The molecular weight excluding hydrogens is 491 g/mol. The number of amides is 3. The van der Waals surface area contributed by atoms with Crippen molar-refractivity contribution in [1.82, 2.24) is 20.9 Å². The average molecular weight is 535 g/mol. The molecule has 3 aliphatic rings. The summed E-state index contributed by atoms with van der Waals surface area (Å²) in [4.78, 5) is 26.6. The normalized spacial score (nSPS) is 23.9. The van der Waals surface area contributed by atoms with Crippen molar-refractivity contribution in [3.05, 3.63) is 35.6 Å². The van der Waals surface area contributed by atoms with Gasteiger partial charge in [-0.05, 0) is 75.6 Å². The summed E-state index contributed by atoms with van der Waals surface area (Å²) in [5.41, 5.74) is 0.908. The van der Waals surface area contributed by atoms with Gasteiger partial charge >= 0.3 is 12.1 Å². The summed E-state index contributed by atoms with van der Waals surface area (Å²) in [6.45, 7) is 3.18. The van der Waals surface area contributed by atoms with Crippen LogP contribution in [0.2, 0.25) is 0 Å². The smallest absolute Gasteiger partial charge is 0.406 e. The third kappa shape index (κ3) is 8.04. The zero-order valence-electron chi connectivity index (χ0n) is 22.7. The molecule has 3 amide bonds. The quantitative estimate of drug-likeness (QED) is 0.375. The Labute approximate surface area is 225 Å². The molecule has 1 saturated carbocycles. The second kappa shape index (κ2) is 13.6. The number of methoxy groups -OCH3 is 1. The number of rotatable bonds is 11. The number of carbonyl (C=O) groups excluding carboxylic acids is 2. The summed E-state index contributed by atoms with van der Waals surface area (Å²) in [7, 11) is 3.21. The first kappa shape index (κ1) is 28.6. The van der Waals surface area contributed by atoms with E-state index in [4.69, 9.17) is 9.47 Å². The number of urea groups is 1. The number of benzene rings is 1. The SMILES string of the molecule is CNC[C@H](C[C@H]1CCC2(CC2)OC1)NC(=O)N1CCC[C@@H]([C@@H](OCCNC(=O)OC)c2cccc(F)c2)C1. The molecule has 1 aromatic carbocycles. The lowest BCUT2D eigenvalue weighted by Gasteiger charge is -2.38. The molecule has 2 aliphatic heterocycles. The molecule has 1 spiro atoms. The van der Waals surface area contributed by atoms with E-state index in [9.17, 15) is 14.0 Å². The fourth-order valence-electron chi connectivity index (χ4n) is 5.79. The van der Waals surface area contributed by atoms with E-state index in [0.29, 0.717) is 25.6 Å². The second-order valence-corrected chi connectivity index (χ2v) is 11.0. The fourth-order valence-corrected chi connectivity index (χ4v) is 5.79. The van der Waals surface area contributed by atoms with Crippen LogP contribution in [0.25, 0.3) is 0 Å². The van der Waals surface area contributed by atoms with E-state index >= 15 is 0 Å². The van der Waals surface area contributed by atoms with Gasteiger partial charge in [-0.1, -0.05) is 12.1 Å². The molecular formula is C28H43FN4O5. The van der Waals surface area contributed by atoms with Gasteiger partial charge in [-0.2, -0.15) is 0 Å². The first-order chi connectivity index (χ1) is 18.4. The van der Waals surface area contributed by atoms with Crippen LogP contribution in [0, 0.1) is 17.7 Å². The standard InChI is InChI=1S/C28H43FN4O5/c1-30-17-24(15-20-8-9-28(10-11-28)38-19-20)32-26(34)33-13-4-6-22(18-33)25(21-5-3-7-23(29)16-21)37-14-12-31-27(35)36-2/h3,5,7,16,20,22,24-25,30H,4,6,8-15,17-19H2,1-2H3,(H,31,35)(H,32,34)/t20-,22-,24+,25+/m1/s1. The topological polar surface area (TPSA) is 101 Å². The zero-order chi connectivity index (χ0) is 27.0. The lowest BCUT2D eigenvalue weighted by atomic mass is 9.88. The number of halogens is 1.